The summed E-state index contributed by atoms with van der Waals surface area (Å²) < 4.78 is 5.47. The van der Waals surface area contributed by atoms with Crippen LogP contribution in [0.15, 0.2) is 24.3 Å². The minimum Gasteiger partial charge on any atom is -0.381 e. The third-order valence-corrected chi connectivity index (χ3v) is 3.87. The lowest BCUT2D eigenvalue weighted by Gasteiger charge is -2.31. The Kier molecular flexibility index (Phi) is 4.75. The summed E-state index contributed by atoms with van der Waals surface area (Å²) in [5, 5.41) is 0. The Balaban J connectivity index is 1.96. The van der Waals surface area contributed by atoms with E-state index < -0.39 is 0 Å². The van der Waals surface area contributed by atoms with E-state index in [1.165, 1.54) is 11.1 Å². The van der Waals surface area contributed by atoms with Gasteiger partial charge < -0.3 is 10.5 Å². The van der Waals surface area contributed by atoms with E-state index in [1.54, 1.807) is 0 Å². The molecule has 0 saturated carbocycles. The van der Waals surface area contributed by atoms with Crippen LogP contribution in [0.3, 0.4) is 0 Å². The van der Waals surface area contributed by atoms with E-state index in [2.05, 4.69) is 43.1 Å². The summed E-state index contributed by atoms with van der Waals surface area (Å²) in [7, 11) is 2.16. The Morgan fingerprint density at radius 3 is 2.67 bits per heavy atom. The molecule has 2 atom stereocenters. The molecule has 1 aromatic carbocycles. The van der Waals surface area contributed by atoms with Crippen molar-refractivity contribution in [3.63, 3.8) is 0 Å². The second kappa shape index (κ2) is 6.32. The zero-order chi connectivity index (χ0) is 13.0. The Morgan fingerprint density at radius 1 is 1.39 bits per heavy atom. The first-order valence-corrected chi connectivity index (χ1v) is 6.74. The Morgan fingerprint density at radius 2 is 2.11 bits per heavy atom. The molecule has 2 unspecified atom stereocenters. The molecule has 18 heavy (non-hydrogen) atoms. The number of hydrogen-bond acceptors (Lipinski definition) is 3. The van der Waals surface area contributed by atoms with Gasteiger partial charge in [0, 0.05) is 31.7 Å². The molecule has 0 aliphatic carbocycles. The summed E-state index contributed by atoms with van der Waals surface area (Å²) in [6.45, 7) is 5.53. The van der Waals surface area contributed by atoms with Crippen LogP contribution in [0.5, 0.6) is 0 Å². The molecule has 1 heterocycles. The number of aryl methyl sites for hydroxylation is 1. The van der Waals surface area contributed by atoms with Crippen molar-refractivity contribution < 1.29 is 4.74 Å². The molecule has 0 amide bonds. The minimum absolute atomic E-state index is 0.425. The maximum absolute atomic E-state index is 5.93. The van der Waals surface area contributed by atoms with Crippen molar-refractivity contribution in [1.29, 1.82) is 0 Å². The van der Waals surface area contributed by atoms with Gasteiger partial charge in [0.1, 0.15) is 0 Å². The lowest BCUT2D eigenvalue weighted by molar-refractivity contribution is 0.136. The number of rotatable bonds is 5. The summed E-state index contributed by atoms with van der Waals surface area (Å²) >= 11 is 0. The van der Waals surface area contributed by atoms with E-state index in [-0.39, 0.29) is 0 Å². The van der Waals surface area contributed by atoms with Gasteiger partial charge >= 0.3 is 0 Å². The van der Waals surface area contributed by atoms with Crippen LogP contribution in [-0.4, -0.2) is 37.7 Å². The van der Waals surface area contributed by atoms with E-state index in [9.17, 15) is 0 Å². The van der Waals surface area contributed by atoms with Gasteiger partial charge in [-0.25, -0.2) is 0 Å². The van der Waals surface area contributed by atoms with Crippen molar-refractivity contribution in [3.8, 4) is 0 Å². The number of nitrogens with zero attached hydrogens (tertiary/aromatic N) is 1. The van der Waals surface area contributed by atoms with Crippen molar-refractivity contribution >= 4 is 0 Å². The molecule has 1 saturated heterocycles. The van der Waals surface area contributed by atoms with Gasteiger partial charge in [-0.05, 0) is 26.0 Å². The Bertz CT molecular complexity index is 357. The van der Waals surface area contributed by atoms with Crippen molar-refractivity contribution in [2.75, 3.05) is 26.8 Å². The molecule has 100 valence electrons. The topological polar surface area (TPSA) is 38.5 Å². The largest absolute Gasteiger partial charge is 0.381 e. The lowest BCUT2D eigenvalue weighted by atomic mass is 9.97. The first-order valence-electron chi connectivity index (χ1n) is 6.74. The first kappa shape index (κ1) is 13.5. The number of likely N-dealkylation sites (N-methyl/N-ethyl adjacent to an activating group) is 1. The maximum atomic E-state index is 5.93. The van der Waals surface area contributed by atoms with Crippen LogP contribution in [0.1, 0.15) is 17.5 Å². The highest BCUT2D eigenvalue weighted by atomic mass is 16.5. The monoisotopic (exact) mass is 248 g/mol. The number of nitrogens with two attached hydrogens (primary N) is 1. The number of benzene rings is 1. The zero-order valence-electron chi connectivity index (χ0n) is 11.4. The fourth-order valence-corrected chi connectivity index (χ4v) is 2.69. The molecule has 2 rings (SSSR count). The molecule has 1 fully saturated rings. The third kappa shape index (κ3) is 3.31. The molecular weight excluding hydrogens is 224 g/mol. The summed E-state index contributed by atoms with van der Waals surface area (Å²) in [6.07, 6.45) is 1.14. The second-order valence-electron chi connectivity index (χ2n) is 5.33. The number of hydrogen-bond donors (Lipinski definition) is 1. The highest BCUT2D eigenvalue weighted by molar-refractivity contribution is 5.21. The molecule has 1 aliphatic heterocycles. The van der Waals surface area contributed by atoms with Crippen LogP contribution >= 0.6 is 0 Å². The van der Waals surface area contributed by atoms with Crippen molar-refractivity contribution in [2.24, 2.45) is 11.7 Å². The first-order chi connectivity index (χ1) is 8.70. The van der Waals surface area contributed by atoms with Crippen LogP contribution < -0.4 is 5.73 Å². The zero-order valence-corrected chi connectivity index (χ0v) is 11.4. The van der Waals surface area contributed by atoms with E-state index in [4.69, 9.17) is 10.5 Å². The fraction of sp³-hybridized carbons (Fsp3) is 0.600. The molecule has 1 aromatic rings. The average Bonchev–Trinajstić information content (AvgIpc) is 2.87. The summed E-state index contributed by atoms with van der Waals surface area (Å²) in [5.74, 6) is 0.588. The van der Waals surface area contributed by atoms with Crippen LogP contribution in [-0.2, 0) is 11.3 Å². The van der Waals surface area contributed by atoms with Crippen LogP contribution in [0.25, 0.3) is 0 Å². The molecule has 3 heteroatoms. The second-order valence-corrected chi connectivity index (χ2v) is 5.33. The van der Waals surface area contributed by atoms with E-state index in [1.807, 2.05) is 0 Å². The molecular formula is C15H24N2O. The molecule has 0 spiro atoms. The summed E-state index contributed by atoms with van der Waals surface area (Å²) in [4.78, 5) is 2.37. The minimum atomic E-state index is 0.425. The van der Waals surface area contributed by atoms with Gasteiger partial charge in [-0.2, -0.15) is 0 Å². The normalized spacial score (nSPS) is 21.4. The summed E-state index contributed by atoms with van der Waals surface area (Å²) in [6, 6.07) is 9.15. The van der Waals surface area contributed by atoms with Crippen LogP contribution in [0, 0.1) is 12.8 Å². The van der Waals surface area contributed by atoms with Gasteiger partial charge in [0.05, 0.1) is 6.61 Å². The van der Waals surface area contributed by atoms with Crippen LogP contribution in [0.2, 0.25) is 0 Å². The van der Waals surface area contributed by atoms with Crippen molar-refractivity contribution in [3.05, 3.63) is 35.4 Å². The quantitative estimate of drug-likeness (QED) is 0.863. The SMILES string of the molecule is Cc1ccc(CN(C)C(CN)C2CCOC2)cc1. The molecule has 0 radical (unpaired) electrons. The lowest BCUT2D eigenvalue weighted by Crippen LogP contribution is -2.43. The Hall–Kier alpha value is -0.900. The van der Waals surface area contributed by atoms with Crippen LogP contribution in [0.4, 0.5) is 0 Å². The molecule has 0 bridgehead atoms. The fourth-order valence-electron chi connectivity index (χ4n) is 2.69. The highest BCUT2D eigenvalue weighted by Gasteiger charge is 2.27. The predicted octanol–water partition coefficient (Wildman–Crippen LogP) is 1.79. The van der Waals surface area contributed by atoms with Crippen molar-refractivity contribution in [1.82, 2.24) is 4.90 Å². The molecule has 1 aliphatic rings. The maximum Gasteiger partial charge on any atom is 0.0510 e. The molecule has 0 aromatic heterocycles. The van der Waals surface area contributed by atoms with Gasteiger partial charge in [0.2, 0.25) is 0 Å². The van der Waals surface area contributed by atoms with E-state index in [0.717, 1.165) is 26.2 Å². The molecule has 3 nitrogen and oxygen atoms in total. The van der Waals surface area contributed by atoms with E-state index in [0.29, 0.717) is 18.5 Å². The van der Waals surface area contributed by atoms with Gasteiger partial charge in [-0.15, -0.1) is 0 Å². The highest BCUT2D eigenvalue weighted by Crippen LogP contribution is 2.21. The van der Waals surface area contributed by atoms with Gasteiger partial charge in [-0.1, -0.05) is 29.8 Å². The van der Waals surface area contributed by atoms with Gasteiger partial charge in [-0.3, -0.25) is 4.90 Å². The average molecular weight is 248 g/mol. The predicted molar refractivity (Wildman–Crippen MR) is 74.4 cm³/mol. The van der Waals surface area contributed by atoms with Crippen molar-refractivity contribution in [2.45, 2.75) is 25.9 Å². The van der Waals surface area contributed by atoms with Gasteiger partial charge in [0.15, 0.2) is 0 Å². The van der Waals surface area contributed by atoms with Gasteiger partial charge in [0.25, 0.3) is 0 Å². The smallest absolute Gasteiger partial charge is 0.0510 e. The Labute approximate surface area is 110 Å². The summed E-state index contributed by atoms with van der Waals surface area (Å²) in [5.41, 5.74) is 8.59. The van der Waals surface area contributed by atoms with E-state index >= 15 is 0 Å². The third-order valence-electron chi connectivity index (χ3n) is 3.87. The molecule has 2 N–H and O–H groups in total. The standard InChI is InChI=1S/C15H24N2O/c1-12-3-5-13(6-4-12)10-17(2)15(9-16)14-7-8-18-11-14/h3-6,14-15H,7-11,16H2,1-2H3. The number of ether oxygens (including phenoxy) is 1.